The molecule has 2 unspecified atom stereocenters. The molecular formula is C14H25NO. The smallest absolute Gasteiger partial charge is 0.103 e. The molecule has 0 saturated carbocycles. The number of hydrogen-bond donors (Lipinski definition) is 1. The van der Waals surface area contributed by atoms with E-state index in [0.717, 1.165) is 24.5 Å². The molecule has 0 spiro atoms. The average Bonchev–Trinajstić information content (AvgIpc) is 2.65. The van der Waals surface area contributed by atoms with E-state index in [2.05, 4.69) is 33.0 Å². The van der Waals surface area contributed by atoms with Crippen molar-refractivity contribution in [2.75, 3.05) is 0 Å². The van der Waals surface area contributed by atoms with Crippen LogP contribution in [0.1, 0.15) is 46.3 Å². The predicted octanol–water partition coefficient (Wildman–Crippen LogP) is 3.62. The van der Waals surface area contributed by atoms with Gasteiger partial charge < -0.3 is 9.73 Å². The highest BCUT2D eigenvalue weighted by Gasteiger charge is 2.09. The third-order valence-electron chi connectivity index (χ3n) is 2.80. The Kier molecular flexibility index (Phi) is 5.61. The maximum absolute atomic E-state index is 5.33. The summed E-state index contributed by atoms with van der Waals surface area (Å²) in [6.45, 7) is 9.06. The SMILES string of the molecule is CC(C)CC(C)NC(C)CCc1ccco1. The lowest BCUT2D eigenvalue weighted by Crippen LogP contribution is -2.35. The summed E-state index contributed by atoms with van der Waals surface area (Å²) in [6.07, 6.45) is 5.14. The molecule has 0 fully saturated rings. The summed E-state index contributed by atoms with van der Waals surface area (Å²) in [7, 11) is 0. The molecule has 0 aliphatic rings. The van der Waals surface area contributed by atoms with Crippen molar-refractivity contribution in [3.63, 3.8) is 0 Å². The molecule has 2 nitrogen and oxygen atoms in total. The third kappa shape index (κ3) is 5.36. The molecule has 1 N–H and O–H groups in total. The van der Waals surface area contributed by atoms with Crippen LogP contribution in [0, 0.1) is 5.92 Å². The molecule has 1 aromatic heterocycles. The Morgan fingerprint density at radius 2 is 1.94 bits per heavy atom. The van der Waals surface area contributed by atoms with Crippen molar-refractivity contribution in [1.82, 2.24) is 5.32 Å². The highest BCUT2D eigenvalue weighted by molar-refractivity contribution is 4.98. The molecule has 0 radical (unpaired) electrons. The summed E-state index contributed by atoms with van der Waals surface area (Å²) in [5.41, 5.74) is 0. The molecule has 1 rings (SSSR count). The van der Waals surface area contributed by atoms with Crippen LogP contribution in [0.15, 0.2) is 22.8 Å². The number of aryl methyl sites for hydroxylation is 1. The van der Waals surface area contributed by atoms with Crippen LogP contribution in [0.2, 0.25) is 0 Å². The second-order valence-corrected chi connectivity index (χ2v) is 5.22. The number of rotatable bonds is 7. The zero-order valence-electron chi connectivity index (χ0n) is 11.0. The van der Waals surface area contributed by atoms with E-state index in [9.17, 15) is 0 Å². The molecule has 0 aliphatic heterocycles. The third-order valence-corrected chi connectivity index (χ3v) is 2.80. The van der Waals surface area contributed by atoms with Crippen LogP contribution in [0.3, 0.4) is 0 Å². The molecule has 0 amide bonds. The summed E-state index contributed by atoms with van der Waals surface area (Å²) >= 11 is 0. The van der Waals surface area contributed by atoms with Gasteiger partial charge in [-0.05, 0) is 44.7 Å². The molecule has 0 aliphatic carbocycles. The van der Waals surface area contributed by atoms with Crippen molar-refractivity contribution in [3.05, 3.63) is 24.2 Å². The maximum atomic E-state index is 5.33. The zero-order valence-corrected chi connectivity index (χ0v) is 11.0. The second kappa shape index (κ2) is 6.74. The topological polar surface area (TPSA) is 25.2 Å². The molecule has 2 heteroatoms. The van der Waals surface area contributed by atoms with Gasteiger partial charge in [-0.15, -0.1) is 0 Å². The maximum Gasteiger partial charge on any atom is 0.103 e. The minimum absolute atomic E-state index is 0.554. The van der Waals surface area contributed by atoms with Crippen LogP contribution in [-0.4, -0.2) is 12.1 Å². The fourth-order valence-corrected chi connectivity index (χ4v) is 2.16. The van der Waals surface area contributed by atoms with Gasteiger partial charge in [-0.1, -0.05) is 13.8 Å². The molecule has 0 aromatic carbocycles. The van der Waals surface area contributed by atoms with Gasteiger partial charge in [0.1, 0.15) is 5.76 Å². The highest BCUT2D eigenvalue weighted by Crippen LogP contribution is 2.08. The normalized spacial score (nSPS) is 15.3. The molecule has 0 bridgehead atoms. The van der Waals surface area contributed by atoms with Crippen molar-refractivity contribution in [2.24, 2.45) is 5.92 Å². The lowest BCUT2D eigenvalue weighted by Gasteiger charge is -2.21. The fourth-order valence-electron chi connectivity index (χ4n) is 2.16. The molecule has 2 atom stereocenters. The van der Waals surface area contributed by atoms with E-state index in [0.29, 0.717) is 12.1 Å². The molecular weight excluding hydrogens is 198 g/mol. The first-order valence-corrected chi connectivity index (χ1v) is 6.36. The molecule has 1 aromatic rings. The van der Waals surface area contributed by atoms with Crippen LogP contribution < -0.4 is 5.32 Å². The Balaban J connectivity index is 2.17. The van der Waals surface area contributed by atoms with Crippen molar-refractivity contribution < 1.29 is 4.42 Å². The van der Waals surface area contributed by atoms with E-state index in [4.69, 9.17) is 4.42 Å². The summed E-state index contributed by atoms with van der Waals surface area (Å²) in [6, 6.07) is 5.16. The minimum Gasteiger partial charge on any atom is -0.469 e. The Morgan fingerprint density at radius 3 is 2.50 bits per heavy atom. The van der Waals surface area contributed by atoms with Crippen molar-refractivity contribution >= 4 is 0 Å². The number of nitrogens with one attached hydrogen (secondary N) is 1. The van der Waals surface area contributed by atoms with E-state index in [1.165, 1.54) is 6.42 Å². The van der Waals surface area contributed by atoms with Gasteiger partial charge in [0.2, 0.25) is 0 Å². The van der Waals surface area contributed by atoms with Gasteiger partial charge in [0.25, 0.3) is 0 Å². The Hall–Kier alpha value is -0.760. The first-order valence-electron chi connectivity index (χ1n) is 6.36. The Labute approximate surface area is 99.4 Å². The van der Waals surface area contributed by atoms with Crippen LogP contribution in [-0.2, 0) is 6.42 Å². The van der Waals surface area contributed by atoms with Gasteiger partial charge in [-0.2, -0.15) is 0 Å². The average molecular weight is 223 g/mol. The zero-order chi connectivity index (χ0) is 12.0. The summed E-state index contributed by atoms with van der Waals surface area (Å²) < 4.78 is 5.33. The van der Waals surface area contributed by atoms with E-state index >= 15 is 0 Å². The molecule has 92 valence electrons. The van der Waals surface area contributed by atoms with Gasteiger partial charge in [0.15, 0.2) is 0 Å². The molecule has 16 heavy (non-hydrogen) atoms. The largest absolute Gasteiger partial charge is 0.469 e. The van der Waals surface area contributed by atoms with Crippen LogP contribution in [0.5, 0.6) is 0 Å². The van der Waals surface area contributed by atoms with E-state index in [1.807, 2.05) is 12.1 Å². The van der Waals surface area contributed by atoms with E-state index in [1.54, 1.807) is 6.26 Å². The first kappa shape index (κ1) is 13.3. The summed E-state index contributed by atoms with van der Waals surface area (Å²) in [4.78, 5) is 0. The predicted molar refractivity (Wildman–Crippen MR) is 68.5 cm³/mol. The standard InChI is InChI=1S/C14H25NO/c1-11(2)10-13(4)15-12(3)7-8-14-6-5-9-16-14/h5-6,9,11-13,15H,7-8,10H2,1-4H3. The van der Waals surface area contributed by atoms with Gasteiger partial charge in [0, 0.05) is 18.5 Å². The van der Waals surface area contributed by atoms with E-state index in [-0.39, 0.29) is 0 Å². The number of furan rings is 1. The van der Waals surface area contributed by atoms with Gasteiger partial charge in [-0.3, -0.25) is 0 Å². The fraction of sp³-hybridized carbons (Fsp3) is 0.714. The summed E-state index contributed by atoms with van der Waals surface area (Å²) in [5.74, 6) is 1.85. The lowest BCUT2D eigenvalue weighted by molar-refractivity contribution is 0.382. The lowest BCUT2D eigenvalue weighted by atomic mass is 10.0. The van der Waals surface area contributed by atoms with Crippen molar-refractivity contribution in [2.45, 2.75) is 59.0 Å². The quantitative estimate of drug-likeness (QED) is 0.763. The first-order chi connectivity index (χ1) is 7.58. The monoisotopic (exact) mass is 223 g/mol. The van der Waals surface area contributed by atoms with Crippen LogP contribution in [0.25, 0.3) is 0 Å². The summed E-state index contributed by atoms with van der Waals surface area (Å²) in [5, 5.41) is 3.63. The second-order valence-electron chi connectivity index (χ2n) is 5.22. The Bertz CT molecular complexity index is 266. The van der Waals surface area contributed by atoms with Gasteiger partial charge in [-0.25, -0.2) is 0 Å². The minimum atomic E-state index is 0.554. The molecule has 0 saturated heterocycles. The van der Waals surface area contributed by atoms with Crippen molar-refractivity contribution in [1.29, 1.82) is 0 Å². The van der Waals surface area contributed by atoms with Gasteiger partial charge in [0.05, 0.1) is 6.26 Å². The number of hydrogen-bond acceptors (Lipinski definition) is 2. The highest BCUT2D eigenvalue weighted by atomic mass is 16.3. The molecule has 1 heterocycles. The van der Waals surface area contributed by atoms with Gasteiger partial charge >= 0.3 is 0 Å². The van der Waals surface area contributed by atoms with Crippen molar-refractivity contribution in [3.8, 4) is 0 Å². The van der Waals surface area contributed by atoms with E-state index < -0.39 is 0 Å². The van der Waals surface area contributed by atoms with Crippen LogP contribution >= 0.6 is 0 Å². The van der Waals surface area contributed by atoms with Crippen LogP contribution in [0.4, 0.5) is 0 Å². The Morgan fingerprint density at radius 1 is 1.19 bits per heavy atom.